The molecule has 0 aromatic carbocycles. The van der Waals surface area contributed by atoms with Gasteiger partial charge in [-0.1, -0.05) is 0 Å². The van der Waals surface area contributed by atoms with Gasteiger partial charge in [0.1, 0.15) is 5.76 Å². The third-order valence-corrected chi connectivity index (χ3v) is 3.05. The molecule has 1 aromatic heterocycles. The lowest BCUT2D eigenvalue weighted by atomic mass is 10.3. The van der Waals surface area contributed by atoms with Crippen LogP contribution in [-0.4, -0.2) is 44.3 Å². The second-order valence-electron chi connectivity index (χ2n) is 4.55. The fraction of sp³-hybridized carbons (Fsp3) is 0.692. The summed E-state index contributed by atoms with van der Waals surface area (Å²) < 4.78 is 10.6. The molecular formula is C13H22N2O2. The average Bonchev–Trinajstić information content (AvgIpc) is 2.76. The van der Waals surface area contributed by atoms with Crippen molar-refractivity contribution >= 4 is 0 Å². The molecule has 4 heteroatoms. The number of ether oxygens (including phenoxy) is 1. The van der Waals surface area contributed by atoms with Gasteiger partial charge < -0.3 is 14.5 Å². The molecule has 1 fully saturated rings. The van der Waals surface area contributed by atoms with Crippen molar-refractivity contribution in [3.63, 3.8) is 0 Å². The normalized spacial score (nSPS) is 17.5. The molecular weight excluding hydrogens is 216 g/mol. The minimum absolute atomic E-state index is 0.891. The summed E-state index contributed by atoms with van der Waals surface area (Å²) in [5.74, 6) is 0.982. The molecule has 0 bridgehead atoms. The second kappa shape index (κ2) is 6.79. The van der Waals surface area contributed by atoms with E-state index in [1.807, 2.05) is 13.2 Å². The fourth-order valence-corrected chi connectivity index (χ4v) is 2.08. The van der Waals surface area contributed by atoms with Crippen LogP contribution in [0.1, 0.15) is 17.7 Å². The molecule has 0 atom stereocenters. The zero-order chi connectivity index (χ0) is 11.9. The van der Waals surface area contributed by atoms with Gasteiger partial charge in [0, 0.05) is 25.2 Å². The minimum atomic E-state index is 0.891. The van der Waals surface area contributed by atoms with Crippen molar-refractivity contribution in [1.82, 2.24) is 10.2 Å². The van der Waals surface area contributed by atoms with Gasteiger partial charge in [0.15, 0.2) is 0 Å². The van der Waals surface area contributed by atoms with Crippen LogP contribution in [0.5, 0.6) is 0 Å². The molecule has 17 heavy (non-hydrogen) atoms. The van der Waals surface area contributed by atoms with Gasteiger partial charge in [0.25, 0.3) is 0 Å². The minimum Gasteiger partial charge on any atom is -0.469 e. The highest BCUT2D eigenvalue weighted by atomic mass is 16.5. The summed E-state index contributed by atoms with van der Waals surface area (Å²) in [6.45, 7) is 9.05. The molecule has 0 radical (unpaired) electrons. The molecule has 1 aliphatic rings. The van der Waals surface area contributed by atoms with E-state index in [9.17, 15) is 0 Å². The van der Waals surface area contributed by atoms with E-state index in [0.717, 1.165) is 45.2 Å². The highest BCUT2D eigenvalue weighted by Crippen LogP contribution is 2.05. The molecule has 0 spiro atoms. The zero-order valence-electron chi connectivity index (χ0n) is 10.6. The third-order valence-electron chi connectivity index (χ3n) is 3.05. The molecule has 96 valence electrons. The zero-order valence-corrected chi connectivity index (χ0v) is 10.6. The van der Waals surface area contributed by atoms with Gasteiger partial charge in [0.2, 0.25) is 0 Å². The molecule has 2 heterocycles. The highest BCUT2D eigenvalue weighted by Gasteiger charge is 2.08. The van der Waals surface area contributed by atoms with Crippen LogP contribution in [0.25, 0.3) is 0 Å². The Bertz CT molecular complexity index is 319. The number of hydrogen-bond donors (Lipinski definition) is 1. The molecule has 4 nitrogen and oxygen atoms in total. The van der Waals surface area contributed by atoms with Crippen LogP contribution in [-0.2, 0) is 11.3 Å². The van der Waals surface area contributed by atoms with Crippen molar-refractivity contribution < 1.29 is 9.15 Å². The second-order valence-corrected chi connectivity index (χ2v) is 4.55. The maximum Gasteiger partial charge on any atom is 0.101 e. The molecule has 1 saturated heterocycles. The van der Waals surface area contributed by atoms with E-state index in [4.69, 9.17) is 9.15 Å². The molecule has 1 N–H and O–H groups in total. The van der Waals surface area contributed by atoms with Crippen LogP contribution in [0, 0.1) is 6.92 Å². The smallest absolute Gasteiger partial charge is 0.101 e. The molecule has 1 aromatic rings. The van der Waals surface area contributed by atoms with Crippen LogP contribution in [0.3, 0.4) is 0 Å². The van der Waals surface area contributed by atoms with Crippen molar-refractivity contribution in [2.75, 3.05) is 39.4 Å². The third kappa shape index (κ3) is 4.50. The Kier molecular flexibility index (Phi) is 5.04. The number of hydrogen-bond acceptors (Lipinski definition) is 4. The standard InChI is InChI=1S/C13H22N2O2/c1-12-9-13(11-17-12)10-14-3-2-4-15-5-7-16-8-6-15/h9,11,14H,2-8,10H2,1H3. The quantitative estimate of drug-likeness (QED) is 0.760. The first kappa shape index (κ1) is 12.6. The number of morpholine rings is 1. The Morgan fingerprint density at radius 3 is 2.88 bits per heavy atom. The summed E-state index contributed by atoms with van der Waals surface area (Å²) in [5, 5.41) is 3.44. The molecule has 0 aliphatic carbocycles. The lowest BCUT2D eigenvalue weighted by Gasteiger charge is -2.26. The summed E-state index contributed by atoms with van der Waals surface area (Å²) in [4.78, 5) is 2.47. The van der Waals surface area contributed by atoms with Crippen LogP contribution in [0.15, 0.2) is 16.7 Å². The van der Waals surface area contributed by atoms with Crippen LogP contribution >= 0.6 is 0 Å². The predicted molar refractivity (Wildman–Crippen MR) is 67.0 cm³/mol. The number of aryl methyl sites for hydroxylation is 1. The monoisotopic (exact) mass is 238 g/mol. The van der Waals surface area contributed by atoms with Crippen molar-refractivity contribution in [2.45, 2.75) is 19.9 Å². The molecule has 1 aliphatic heterocycles. The summed E-state index contributed by atoms with van der Waals surface area (Å²) >= 11 is 0. The maximum absolute atomic E-state index is 5.32. The van der Waals surface area contributed by atoms with Gasteiger partial charge >= 0.3 is 0 Å². The SMILES string of the molecule is Cc1cc(CNCCCN2CCOCC2)co1. The van der Waals surface area contributed by atoms with Crippen molar-refractivity contribution in [2.24, 2.45) is 0 Å². The molecule has 2 rings (SSSR count). The van der Waals surface area contributed by atoms with E-state index in [0.29, 0.717) is 0 Å². The van der Waals surface area contributed by atoms with Gasteiger partial charge in [-0.3, -0.25) is 4.90 Å². The van der Waals surface area contributed by atoms with Crippen molar-refractivity contribution in [3.8, 4) is 0 Å². The van der Waals surface area contributed by atoms with E-state index >= 15 is 0 Å². The average molecular weight is 238 g/mol. The Balaban J connectivity index is 1.51. The van der Waals surface area contributed by atoms with Crippen LogP contribution in [0.2, 0.25) is 0 Å². The Hall–Kier alpha value is -0.840. The molecule has 0 amide bonds. The van der Waals surface area contributed by atoms with Gasteiger partial charge in [-0.25, -0.2) is 0 Å². The van der Waals surface area contributed by atoms with Crippen molar-refractivity contribution in [1.29, 1.82) is 0 Å². The van der Waals surface area contributed by atoms with Crippen molar-refractivity contribution in [3.05, 3.63) is 23.7 Å². The predicted octanol–water partition coefficient (Wildman–Crippen LogP) is 1.40. The number of nitrogens with one attached hydrogen (secondary N) is 1. The number of nitrogens with zero attached hydrogens (tertiary/aromatic N) is 1. The maximum atomic E-state index is 5.32. The summed E-state index contributed by atoms with van der Waals surface area (Å²) in [5.41, 5.74) is 1.23. The summed E-state index contributed by atoms with van der Waals surface area (Å²) in [7, 11) is 0. The topological polar surface area (TPSA) is 37.6 Å². The van der Waals surface area contributed by atoms with E-state index in [1.165, 1.54) is 18.5 Å². The highest BCUT2D eigenvalue weighted by molar-refractivity contribution is 5.10. The van der Waals surface area contributed by atoms with Crippen LogP contribution in [0.4, 0.5) is 0 Å². The molecule has 0 saturated carbocycles. The Labute approximate surface area is 103 Å². The Morgan fingerprint density at radius 1 is 1.35 bits per heavy atom. The fourth-order valence-electron chi connectivity index (χ4n) is 2.08. The van der Waals surface area contributed by atoms with Gasteiger partial charge in [-0.2, -0.15) is 0 Å². The van der Waals surface area contributed by atoms with Gasteiger partial charge in [-0.05, 0) is 32.5 Å². The summed E-state index contributed by atoms with van der Waals surface area (Å²) in [6, 6.07) is 2.08. The van der Waals surface area contributed by atoms with E-state index in [1.54, 1.807) is 0 Å². The molecule has 0 unspecified atom stereocenters. The number of furan rings is 1. The van der Waals surface area contributed by atoms with E-state index in [-0.39, 0.29) is 0 Å². The van der Waals surface area contributed by atoms with Crippen LogP contribution < -0.4 is 5.32 Å². The lowest BCUT2D eigenvalue weighted by Crippen LogP contribution is -2.37. The van der Waals surface area contributed by atoms with Gasteiger partial charge in [-0.15, -0.1) is 0 Å². The first-order valence-electron chi connectivity index (χ1n) is 6.39. The van der Waals surface area contributed by atoms with Gasteiger partial charge in [0.05, 0.1) is 19.5 Å². The Morgan fingerprint density at radius 2 is 2.18 bits per heavy atom. The first-order valence-corrected chi connectivity index (χ1v) is 6.39. The first-order chi connectivity index (χ1) is 8.34. The number of rotatable bonds is 6. The lowest BCUT2D eigenvalue weighted by molar-refractivity contribution is 0.0374. The van der Waals surface area contributed by atoms with E-state index < -0.39 is 0 Å². The van der Waals surface area contributed by atoms with E-state index in [2.05, 4.69) is 16.3 Å². The summed E-state index contributed by atoms with van der Waals surface area (Å²) in [6.07, 6.45) is 3.02. The largest absolute Gasteiger partial charge is 0.469 e.